The third kappa shape index (κ3) is 3.92. The Morgan fingerprint density at radius 3 is 2.17 bits per heavy atom. The third-order valence-corrected chi connectivity index (χ3v) is 6.30. The lowest BCUT2D eigenvalue weighted by atomic mass is 10.0. The number of likely N-dealkylation sites (tertiary alicyclic amines) is 1. The molecular weight excluding hydrogens is 314 g/mol. The number of thiocarbonyl (C=S) groups is 1. The monoisotopic (exact) mass is 345 g/mol. The van der Waals surface area contributed by atoms with E-state index in [9.17, 15) is 0 Å². The number of rotatable bonds is 3. The van der Waals surface area contributed by atoms with Gasteiger partial charge in [-0.2, -0.15) is 0 Å². The average Bonchev–Trinajstić information content (AvgIpc) is 3.12. The van der Waals surface area contributed by atoms with Gasteiger partial charge in [-0.05, 0) is 69.9 Å². The minimum absolute atomic E-state index is 0.729. The number of nitrogens with zero attached hydrogens (tertiary/aromatic N) is 2. The highest BCUT2D eigenvalue weighted by Gasteiger charge is 2.29. The second-order valence-corrected chi connectivity index (χ2v) is 7.91. The van der Waals surface area contributed by atoms with Gasteiger partial charge in [0.1, 0.15) is 0 Å². The predicted octanol–water partition coefficient (Wildman–Crippen LogP) is 4.34. The molecule has 4 heteroatoms. The van der Waals surface area contributed by atoms with Crippen LogP contribution in [-0.4, -0.2) is 47.1 Å². The Balaban J connectivity index is 1.53. The van der Waals surface area contributed by atoms with Gasteiger partial charge in [0.25, 0.3) is 0 Å². The summed E-state index contributed by atoms with van der Waals surface area (Å²) in [5.74, 6) is 0. The van der Waals surface area contributed by atoms with Gasteiger partial charge in [-0.1, -0.05) is 31.0 Å². The number of anilines is 1. The molecule has 3 nitrogen and oxygen atoms in total. The summed E-state index contributed by atoms with van der Waals surface area (Å²) in [6.07, 6.45) is 8.06. The van der Waals surface area contributed by atoms with Crippen LogP contribution in [0.3, 0.4) is 0 Å². The molecule has 0 spiro atoms. The largest absolute Gasteiger partial charge is 0.349 e. The molecule has 2 aliphatic rings. The maximum absolute atomic E-state index is 5.69. The molecule has 1 aromatic carbocycles. The number of piperidine rings is 1. The molecule has 0 bridgehead atoms. The lowest BCUT2D eigenvalue weighted by Crippen LogP contribution is -2.49. The highest BCUT2D eigenvalue weighted by atomic mass is 32.1. The van der Waals surface area contributed by atoms with Crippen LogP contribution in [-0.2, 0) is 0 Å². The van der Waals surface area contributed by atoms with Crippen molar-refractivity contribution >= 4 is 23.0 Å². The molecule has 0 radical (unpaired) electrons. The SMILES string of the molecule is Cc1cccc(C)c1NC(=S)N1CCC(N(C)C2CCCC2)CC1. The van der Waals surface area contributed by atoms with Gasteiger partial charge in [0.2, 0.25) is 0 Å². The van der Waals surface area contributed by atoms with E-state index in [-0.39, 0.29) is 0 Å². The number of benzene rings is 1. The maximum atomic E-state index is 5.69. The van der Waals surface area contributed by atoms with E-state index in [1.807, 2.05) is 0 Å². The Morgan fingerprint density at radius 2 is 1.58 bits per heavy atom. The number of nitrogens with one attached hydrogen (secondary N) is 1. The van der Waals surface area contributed by atoms with Crippen molar-refractivity contribution in [1.82, 2.24) is 9.80 Å². The van der Waals surface area contributed by atoms with Gasteiger partial charge < -0.3 is 15.1 Å². The molecule has 1 aliphatic carbocycles. The summed E-state index contributed by atoms with van der Waals surface area (Å²) in [5.41, 5.74) is 3.69. The van der Waals surface area contributed by atoms with E-state index in [0.29, 0.717) is 0 Å². The molecule has 1 saturated heterocycles. The number of aryl methyl sites for hydroxylation is 2. The fourth-order valence-electron chi connectivity index (χ4n) is 4.28. The molecule has 1 saturated carbocycles. The smallest absolute Gasteiger partial charge is 0.173 e. The van der Waals surface area contributed by atoms with E-state index in [0.717, 1.165) is 30.3 Å². The van der Waals surface area contributed by atoms with Gasteiger partial charge in [0.05, 0.1) is 0 Å². The van der Waals surface area contributed by atoms with Crippen molar-refractivity contribution in [3.63, 3.8) is 0 Å². The second-order valence-electron chi connectivity index (χ2n) is 7.52. The highest BCUT2D eigenvalue weighted by molar-refractivity contribution is 7.80. The van der Waals surface area contributed by atoms with E-state index >= 15 is 0 Å². The molecule has 0 amide bonds. The van der Waals surface area contributed by atoms with Crippen LogP contribution in [0.5, 0.6) is 0 Å². The van der Waals surface area contributed by atoms with Crippen molar-refractivity contribution in [3.05, 3.63) is 29.3 Å². The van der Waals surface area contributed by atoms with Crippen molar-refractivity contribution < 1.29 is 0 Å². The van der Waals surface area contributed by atoms with E-state index in [4.69, 9.17) is 12.2 Å². The molecule has 1 aliphatic heterocycles. The summed E-state index contributed by atoms with van der Waals surface area (Å²) in [7, 11) is 2.34. The number of hydrogen-bond acceptors (Lipinski definition) is 2. The Labute approximate surface area is 152 Å². The summed E-state index contributed by atoms with van der Waals surface area (Å²) in [4.78, 5) is 5.01. The number of hydrogen-bond donors (Lipinski definition) is 1. The van der Waals surface area contributed by atoms with E-state index in [2.05, 4.69) is 54.2 Å². The van der Waals surface area contributed by atoms with Crippen LogP contribution >= 0.6 is 12.2 Å². The first-order valence-electron chi connectivity index (χ1n) is 9.40. The second kappa shape index (κ2) is 7.83. The minimum Gasteiger partial charge on any atom is -0.349 e. The summed E-state index contributed by atoms with van der Waals surface area (Å²) in [6, 6.07) is 7.93. The molecule has 1 aromatic rings. The van der Waals surface area contributed by atoms with Crippen LogP contribution in [0.25, 0.3) is 0 Å². The molecular formula is C20H31N3S. The molecule has 1 N–H and O–H groups in total. The summed E-state index contributed by atoms with van der Waals surface area (Å²) >= 11 is 5.69. The van der Waals surface area contributed by atoms with Crippen LogP contribution in [0, 0.1) is 13.8 Å². The molecule has 2 fully saturated rings. The quantitative estimate of drug-likeness (QED) is 0.821. The van der Waals surface area contributed by atoms with Gasteiger partial charge in [-0.15, -0.1) is 0 Å². The first-order valence-corrected chi connectivity index (χ1v) is 9.81. The zero-order valence-corrected chi connectivity index (χ0v) is 16.2. The Morgan fingerprint density at radius 1 is 1.04 bits per heavy atom. The van der Waals surface area contributed by atoms with Crippen LogP contribution < -0.4 is 5.32 Å². The molecule has 3 rings (SSSR count). The first-order chi connectivity index (χ1) is 11.6. The van der Waals surface area contributed by atoms with E-state index in [1.54, 1.807) is 0 Å². The number of para-hydroxylation sites is 1. The van der Waals surface area contributed by atoms with Gasteiger partial charge in [0, 0.05) is 30.9 Å². The van der Waals surface area contributed by atoms with Crippen LogP contribution in [0.4, 0.5) is 5.69 Å². The Kier molecular flexibility index (Phi) is 5.77. The zero-order chi connectivity index (χ0) is 17.1. The average molecular weight is 346 g/mol. The predicted molar refractivity (Wildman–Crippen MR) is 107 cm³/mol. The van der Waals surface area contributed by atoms with Crippen LogP contribution in [0.2, 0.25) is 0 Å². The standard InChI is InChI=1S/C20H31N3S/c1-15-7-6-8-16(2)19(15)21-20(24)23-13-11-18(12-14-23)22(3)17-9-4-5-10-17/h6-8,17-18H,4-5,9-14H2,1-3H3,(H,21,24). The van der Waals surface area contributed by atoms with Gasteiger partial charge >= 0.3 is 0 Å². The Bertz CT molecular complexity index is 552. The molecule has 24 heavy (non-hydrogen) atoms. The molecule has 132 valence electrons. The van der Waals surface area contributed by atoms with Gasteiger partial charge in [0.15, 0.2) is 5.11 Å². The fraction of sp³-hybridized carbons (Fsp3) is 0.650. The normalized spacial score (nSPS) is 19.9. The van der Waals surface area contributed by atoms with Crippen molar-refractivity contribution in [1.29, 1.82) is 0 Å². The maximum Gasteiger partial charge on any atom is 0.173 e. The van der Waals surface area contributed by atoms with Crippen molar-refractivity contribution in [2.75, 3.05) is 25.5 Å². The molecule has 0 unspecified atom stereocenters. The lowest BCUT2D eigenvalue weighted by molar-refractivity contribution is 0.122. The summed E-state index contributed by atoms with van der Waals surface area (Å²) < 4.78 is 0. The van der Waals surface area contributed by atoms with E-state index in [1.165, 1.54) is 55.3 Å². The van der Waals surface area contributed by atoms with Crippen LogP contribution in [0.1, 0.15) is 49.7 Å². The summed E-state index contributed by atoms with van der Waals surface area (Å²) in [6.45, 7) is 6.42. The Hall–Kier alpha value is -1.13. The molecule has 1 heterocycles. The van der Waals surface area contributed by atoms with Gasteiger partial charge in [-0.25, -0.2) is 0 Å². The topological polar surface area (TPSA) is 18.5 Å². The fourth-order valence-corrected chi connectivity index (χ4v) is 4.57. The zero-order valence-electron chi connectivity index (χ0n) is 15.3. The third-order valence-electron chi connectivity index (χ3n) is 5.94. The minimum atomic E-state index is 0.729. The van der Waals surface area contributed by atoms with Crippen molar-refractivity contribution in [2.45, 2.75) is 64.5 Å². The van der Waals surface area contributed by atoms with Gasteiger partial charge in [-0.3, -0.25) is 0 Å². The van der Waals surface area contributed by atoms with Crippen LogP contribution in [0.15, 0.2) is 18.2 Å². The molecule has 0 aromatic heterocycles. The first kappa shape index (κ1) is 17.7. The lowest BCUT2D eigenvalue weighted by Gasteiger charge is -2.40. The van der Waals surface area contributed by atoms with Crippen molar-refractivity contribution in [2.24, 2.45) is 0 Å². The summed E-state index contributed by atoms with van der Waals surface area (Å²) in [5, 5.41) is 4.37. The highest BCUT2D eigenvalue weighted by Crippen LogP contribution is 2.27. The molecule has 0 atom stereocenters. The van der Waals surface area contributed by atoms with E-state index < -0.39 is 0 Å². The van der Waals surface area contributed by atoms with Crippen molar-refractivity contribution in [3.8, 4) is 0 Å².